The highest BCUT2D eigenvalue weighted by Crippen LogP contribution is 2.30. The number of pyridine rings is 1. The van der Waals surface area contributed by atoms with Gasteiger partial charge in [0.25, 0.3) is 0 Å². The maximum absolute atomic E-state index is 13.4. The number of rotatable bonds is 5. The van der Waals surface area contributed by atoms with Crippen LogP contribution in [0, 0.1) is 5.82 Å². The van der Waals surface area contributed by atoms with E-state index in [0.717, 1.165) is 74.2 Å². The number of aromatic nitrogens is 6. The molecule has 1 aliphatic heterocycles. The van der Waals surface area contributed by atoms with Crippen molar-refractivity contribution in [2.45, 2.75) is 13.0 Å². The monoisotopic (exact) mass is 492 g/mol. The first-order valence-corrected chi connectivity index (χ1v) is 11.9. The molecule has 1 saturated heterocycles. The van der Waals surface area contributed by atoms with E-state index in [1.54, 1.807) is 36.9 Å². The molecule has 0 aliphatic carbocycles. The van der Waals surface area contributed by atoms with E-state index in [4.69, 9.17) is 10.7 Å². The number of hydrogen-bond donors (Lipinski definition) is 3. The van der Waals surface area contributed by atoms with Crippen molar-refractivity contribution in [2.24, 2.45) is 5.73 Å². The summed E-state index contributed by atoms with van der Waals surface area (Å²) in [6.07, 6.45) is 11.0. The Labute approximate surface area is 212 Å². The maximum Gasteiger partial charge on any atom is 0.147 e. The molecular weight excluding hydrogens is 467 g/mol. The van der Waals surface area contributed by atoms with E-state index in [-0.39, 0.29) is 11.9 Å². The second kappa shape index (κ2) is 9.11. The van der Waals surface area contributed by atoms with E-state index < -0.39 is 0 Å². The number of aromatic amines is 2. The number of anilines is 1. The Morgan fingerprint density at radius 2 is 1.92 bits per heavy atom. The van der Waals surface area contributed by atoms with Crippen LogP contribution >= 0.6 is 0 Å². The van der Waals surface area contributed by atoms with Crippen LogP contribution in [-0.4, -0.2) is 49.3 Å². The molecular formula is C28H25FN8. The van der Waals surface area contributed by atoms with Crippen LogP contribution in [0.2, 0.25) is 0 Å². The fourth-order valence-electron chi connectivity index (χ4n) is 4.47. The molecule has 4 N–H and O–H groups in total. The molecule has 0 amide bonds. The summed E-state index contributed by atoms with van der Waals surface area (Å²) >= 11 is 0. The number of H-pyrrole nitrogens is 2. The van der Waals surface area contributed by atoms with Crippen molar-refractivity contribution in [3.8, 4) is 22.5 Å². The number of allylic oxidation sites excluding steroid dienone is 2. The third-order valence-corrected chi connectivity index (χ3v) is 6.61. The summed E-state index contributed by atoms with van der Waals surface area (Å²) in [6.45, 7) is 7.84. The largest absolute Gasteiger partial charge is 0.352 e. The van der Waals surface area contributed by atoms with Crippen LogP contribution < -0.4 is 21.2 Å². The molecule has 0 saturated carbocycles. The number of nitrogens with two attached hydrogens (primary N) is 1. The van der Waals surface area contributed by atoms with Gasteiger partial charge in [0.15, 0.2) is 0 Å². The fraction of sp³-hybridized carbons (Fsp3) is 0.143. The van der Waals surface area contributed by atoms with Crippen molar-refractivity contribution < 1.29 is 4.39 Å². The number of nitrogens with one attached hydrogen (secondary N) is 2. The predicted molar refractivity (Wildman–Crippen MR) is 144 cm³/mol. The van der Waals surface area contributed by atoms with Crippen molar-refractivity contribution in [1.82, 2.24) is 30.1 Å². The average molecular weight is 493 g/mol. The van der Waals surface area contributed by atoms with Crippen LogP contribution in [0.4, 0.5) is 10.2 Å². The number of halogens is 1. The van der Waals surface area contributed by atoms with E-state index in [1.807, 2.05) is 25.1 Å². The molecule has 0 atom stereocenters. The predicted octanol–water partition coefficient (Wildman–Crippen LogP) is 2.99. The van der Waals surface area contributed by atoms with Gasteiger partial charge >= 0.3 is 0 Å². The summed E-state index contributed by atoms with van der Waals surface area (Å²) in [5.41, 5.74) is 11.9. The third kappa shape index (κ3) is 4.30. The highest BCUT2D eigenvalue weighted by molar-refractivity contribution is 5.97. The summed E-state index contributed by atoms with van der Waals surface area (Å²) < 4.78 is 13.4. The minimum Gasteiger partial charge on any atom is -0.352 e. The van der Waals surface area contributed by atoms with E-state index >= 15 is 0 Å². The van der Waals surface area contributed by atoms with Gasteiger partial charge in [-0.1, -0.05) is 24.8 Å². The van der Waals surface area contributed by atoms with Gasteiger partial charge < -0.3 is 15.6 Å². The zero-order valence-electron chi connectivity index (χ0n) is 20.2. The van der Waals surface area contributed by atoms with Crippen LogP contribution in [0.5, 0.6) is 0 Å². The van der Waals surface area contributed by atoms with Gasteiger partial charge in [-0.05, 0) is 42.3 Å². The summed E-state index contributed by atoms with van der Waals surface area (Å²) in [5.74, 6) is 0.562. The SMILES string of the molecule is C=c1c(-c2cc3c(-c4ccc(F)cc4)cncc3[nH]2)n[nH]/c1=C/C=C(\C)c1cncc(N2CC(N)C2)n1. The highest BCUT2D eigenvalue weighted by atomic mass is 19.1. The van der Waals surface area contributed by atoms with Crippen molar-refractivity contribution >= 4 is 34.9 Å². The first-order valence-electron chi connectivity index (χ1n) is 11.9. The van der Waals surface area contributed by atoms with Gasteiger partial charge in [-0.2, -0.15) is 5.10 Å². The maximum atomic E-state index is 13.4. The Morgan fingerprint density at radius 3 is 2.70 bits per heavy atom. The second-order valence-corrected chi connectivity index (χ2v) is 9.25. The van der Waals surface area contributed by atoms with E-state index in [1.165, 1.54) is 12.1 Å². The lowest BCUT2D eigenvalue weighted by Gasteiger charge is -2.37. The van der Waals surface area contributed by atoms with Crippen molar-refractivity contribution in [1.29, 1.82) is 0 Å². The molecule has 1 aromatic carbocycles. The molecule has 1 aliphatic rings. The van der Waals surface area contributed by atoms with Gasteiger partial charge in [0.05, 0.1) is 40.8 Å². The van der Waals surface area contributed by atoms with Crippen LogP contribution in [0.1, 0.15) is 12.6 Å². The van der Waals surface area contributed by atoms with Crippen LogP contribution in [0.3, 0.4) is 0 Å². The average Bonchev–Trinajstić information content (AvgIpc) is 3.49. The lowest BCUT2D eigenvalue weighted by Crippen LogP contribution is -2.56. The summed E-state index contributed by atoms with van der Waals surface area (Å²) in [5, 5.41) is 10.1. The van der Waals surface area contributed by atoms with Crippen LogP contribution in [0.15, 0.2) is 61.2 Å². The van der Waals surface area contributed by atoms with Gasteiger partial charge in [-0.15, -0.1) is 0 Å². The number of fused-ring (bicyclic) bond motifs is 1. The number of nitrogens with zero attached hydrogens (tertiary/aromatic N) is 5. The van der Waals surface area contributed by atoms with Crippen molar-refractivity contribution in [3.63, 3.8) is 0 Å². The van der Waals surface area contributed by atoms with Crippen molar-refractivity contribution in [3.05, 3.63) is 83.3 Å². The fourth-order valence-corrected chi connectivity index (χ4v) is 4.47. The molecule has 0 radical (unpaired) electrons. The minimum atomic E-state index is -0.273. The van der Waals surface area contributed by atoms with Gasteiger partial charge in [0.2, 0.25) is 0 Å². The Kier molecular flexibility index (Phi) is 5.61. The third-order valence-electron chi connectivity index (χ3n) is 6.61. The van der Waals surface area contributed by atoms with Gasteiger partial charge in [-0.25, -0.2) is 9.37 Å². The Bertz CT molecular complexity index is 1740. The molecule has 1 fully saturated rings. The summed E-state index contributed by atoms with van der Waals surface area (Å²) in [6, 6.07) is 8.62. The Hall–Kier alpha value is -4.63. The first kappa shape index (κ1) is 22.8. The smallest absolute Gasteiger partial charge is 0.147 e. The Balaban J connectivity index is 1.31. The molecule has 8 nitrogen and oxygen atoms in total. The van der Waals surface area contributed by atoms with E-state index in [9.17, 15) is 4.39 Å². The molecule has 0 bridgehead atoms. The molecule has 0 spiro atoms. The summed E-state index contributed by atoms with van der Waals surface area (Å²) in [7, 11) is 0. The zero-order chi connectivity index (χ0) is 25.5. The number of hydrogen-bond acceptors (Lipinski definition) is 6. The standard InChI is InChI=1S/C28H25FN8/c1-16(25-11-32-13-27(34-25)37-14-20(30)15-37)3-8-23-17(2)28(36-35-23)24-9-21-22(10-31-12-26(21)33-24)18-4-6-19(29)7-5-18/h3-13,20,33,35H,2,14-15,30H2,1H3/b16-3+,23-8+. The van der Waals surface area contributed by atoms with E-state index in [0.29, 0.717) is 0 Å². The normalized spacial score (nSPS) is 14.9. The molecule has 184 valence electrons. The minimum absolute atomic E-state index is 0.198. The molecule has 6 rings (SSSR count). The van der Waals surface area contributed by atoms with E-state index in [2.05, 4.69) is 36.6 Å². The first-order chi connectivity index (χ1) is 18.0. The zero-order valence-corrected chi connectivity index (χ0v) is 20.2. The molecule has 5 heterocycles. The van der Waals surface area contributed by atoms with Crippen LogP contribution in [0.25, 0.3) is 51.6 Å². The van der Waals surface area contributed by atoms with Gasteiger partial charge in [0, 0.05) is 41.5 Å². The summed E-state index contributed by atoms with van der Waals surface area (Å²) in [4.78, 5) is 18.9. The number of benzene rings is 1. The van der Waals surface area contributed by atoms with Crippen molar-refractivity contribution in [2.75, 3.05) is 18.0 Å². The molecule has 4 aromatic heterocycles. The molecule has 5 aromatic rings. The second-order valence-electron chi connectivity index (χ2n) is 9.25. The topological polar surface area (TPSA) is 112 Å². The highest BCUT2D eigenvalue weighted by Gasteiger charge is 2.24. The molecule has 9 heteroatoms. The molecule has 0 unspecified atom stereocenters. The van der Waals surface area contributed by atoms with Gasteiger partial charge in [-0.3, -0.25) is 15.1 Å². The molecule has 37 heavy (non-hydrogen) atoms. The lowest BCUT2D eigenvalue weighted by molar-refractivity contribution is 0.513. The Morgan fingerprint density at radius 1 is 1.14 bits per heavy atom. The van der Waals surface area contributed by atoms with Gasteiger partial charge in [0.1, 0.15) is 17.3 Å². The van der Waals surface area contributed by atoms with Crippen LogP contribution in [-0.2, 0) is 0 Å². The lowest BCUT2D eigenvalue weighted by atomic mass is 10.0. The quantitative estimate of drug-likeness (QED) is 0.348.